The summed E-state index contributed by atoms with van der Waals surface area (Å²) < 4.78 is 5.62. The molecule has 3 N–H and O–H groups in total. The van der Waals surface area contributed by atoms with E-state index in [0.717, 1.165) is 24.5 Å². The summed E-state index contributed by atoms with van der Waals surface area (Å²) in [5.41, 5.74) is 6.89. The zero-order valence-corrected chi connectivity index (χ0v) is 17.3. The van der Waals surface area contributed by atoms with Crippen molar-refractivity contribution in [3.63, 3.8) is 0 Å². The number of rotatable bonds is 6. The Labute approximate surface area is 163 Å². The van der Waals surface area contributed by atoms with Crippen LogP contribution in [0, 0.1) is 0 Å². The van der Waals surface area contributed by atoms with Gasteiger partial charge in [-0.1, -0.05) is 6.42 Å². The minimum absolute atomic E-state index is 0. The first-order valence-corrected chi connectivity index (χ1v) is 8.62. The van der Waals surface area contributed by atoms with Gasteiger partial charge in [-0.3, -0.25) is 9.89 Å². The molecule has 0 amide bonds. The van der Waals surface area contributed by atoms with Gasteiger partial charge in [0, 0.05) is 18.3 Å². The average molecular weight is 446 g/mol. The number of hydrogen-bond donors (Lipinski definition) is 2. The Morgan fingerprint density at radius 2 is 2.04 bits per heavy atom. The highest BCUT2D eigenvalue weighted by Crippen LogP contribution is 2.17. The van der Waals surface area contributed by atoms with E-state index in [1.54, 1.807) is 0 Å². The van der Waals surface area contributed by atoms with Crippen molar-refractivity contribution in [3.05, 3.63) is 24.3 Å². The van der Waals surface area contributed by atoms with E-state index >= 15 is 0 Å². The lowest BCUT2D eigenvalue weighted by atomic mass is 10.0. The first kappa shape index (κ1) is 21.0. The Morgan fingerprint density at radius 3 is 2.67 bits per heavy atom. The summed E-state index contributed by atoms with van der Waals surface area (Å²) in [7, 11) is 0. The summed E-state index contributed by atoms with van der Waals surface area (Å²) in [6.45, 7) is 9.22. The topological polar surface area (TPSA) is 62.9 Å². The molecule has 0 aromatic heterocycles. The monoisotopic (exact) mass is 446 g/mol. The Morgan fingerprint density at radius 1 is 1.33 bits per heavy atom. The third kappa shape index (κ3) is 7.25. The molecule has 136 valence electrons. The smallest absolute Gasteiger partial charge is 0.193 e. The van der Waals surface area contributed by atoms with Crippen LogP contribution in [0.2, 0.25) is 0 Å². The second-order valence-corrected chi connectivity index (χ2v) is 6.46. The number of piperidine rings is 1. The van der Waals surface area contributed by atoms with Crippen molar-refractivity contribution in [2.75, 3.05) is 25.0 Å². The number of likely N-dealkylation sites (tertiary alicyclic amines) is 1. The van der Waals surface area contributed by atoms with Gasteiger partial charge in [-0.15, -0.1) is 24.0 Å². The molecule has 6 heteroatoms. The maximum atomic E-state index is 5.96. The molecule has 1 aliphatic heterocycles. The number of benzene rings is 1. The highest BCUT2D eigenvalue weighted by molar-refractivity contribution is 14.0. The second-order valence-electron chi connectivity index (χ2n) is 6.46. The van der Waals surface area contributed by atoms with Gasteiger partial charge in [0.1, 0.15) is 5.75 Å². The predicted molar refractivity (Wildman–Crippen MR) is 113 cm³/mol. The van der Waals surface area contributed by atoms with Crippen LogP contribution in [0.4, 0.5) is 5.69 Å². The molecule has 24 heavy (non-hydrogen) atoms. The molecule has 1 aromatic carbocycles. The fraction of sp³-hybridized carbons (Fsp3) is 0.611. The molecule has 5 nitrogen and oxygen atoms in total. The molecule has 2 rings (SSSR count). The standard InChI is InChI=1S/C18H30N4O.HI/c1-14(2)23-17-9-7-16(8-10-17)21-18(19)20-11-13-22-12-5-4-6-15(22)3;/h7-10,14-15H,4-6,11-13H2,1-3H3,(H3,19,20,21);1H. The molecular formula is C18H31IN4O. The van der Waals surface area contributed by atoms with Crippen molar-refractivity contribution in [1.82, 2.24) is 4.90 Å². The number of halogens is 1. The van der Waals surface area contributed by atoms with Crippen LogP contribution in [0.3, 0.4) is 0 Å². The van der Waals surface area contributed by atoms with Crippen LogP contribution in [0.5, 0.6) is 5.75 Å². The fourth-order valence-electron chi connectivity index (χ4n) is 2.87. The number of ether oxygens (including phenoxy) is 1. The molecule has 1 fully saturated rings. The minimum Gasteiger partial charge on any atom is -0.491 e. The van der Waals surface area contributed by atoms with E-state index in [9.17, 15) is 0 Å². The fourth-order valence-corrected chi connectivity index (χ4v) is 2.87. The zero-order valence-electron chi connectivity index (χ0n) is 15.0. The van der Waals surface area contributed by atoms with E-state index in [1.165, 1.54) is 25.8 Å². The summed E-state index contributed by atoms with van der Waals surface area (Å²) in [5.74, 6) is 1.33. The quantitative estimate of drug-likeness (QED) is 0.398. The number of nitrogens with two attached hydrogens (primary N) is 1. The number of nitrogens with one attached hydrogen (secondary N) is 1. The molecule has 1 unspecified atom stereocenters. The van der Waals surface area contributed by atoms with Crippen molar-refractivity contribution < 1.29 is 4.74 Å². The molecule has 1 heterocycles. The molecule has 0 aliphatic carbocycles. The SMILES string of the molecule is CC(C)Oc1ccc(NC(N)=NCCN2CCCCC2C)cc1.I. The van der Waals surface area contributed by atoms with Crippen LogP contribution < -0.4 is 15.8 Å². The van der Waals surface area contributed by atoms with Gasteiger partial charge >= 0.3 is 0 Å². The third-order valence-corrected chi connectivity index (χ3v) is 4.11. The summed E-state index contributed by atoms with van der Waals surface area (Å²) >= 11 is 0. The largest absolute Gasteiger partial charge is 0.491 e. The Balaban J connectivity index is 0.00000288. The van der Waals surface area contributed by atoms with Crippen molar-refractivity contribution >= 4 is 35.6 Å². The number of anilines is 1. The zero-order chi connectivity index (χ0) is 16.7. The Hall–Kier alpha value is -1.02. The number of hydrogen-bond acceptors (Lipinski definition) is 3. The highest BCUT2D eigenvalue weighted by Gasteiger charge is 2.16. The van der Waals surface area contributed by atoms with E-state index < -0.39 is 0 Å². The van der Waals surface area contributed by atoms with E-state index in [2.05, 4.69) is 22.1 Å². The number of guanidine groups is 1. The van der Waals surface area contributed by atoms with Gasteiger partial charge in [-0.25, -0.2) is 0 Å². The molecule has 0 saturated carbocycles. The molecule has 1 aliphatic rings. The van der Waals surface area contributed by atoms with E-state index in [1.807, 2.05) is 38.1 Å². The normalized spacial score (nSPS) is 19.0. The van der Waals surface area contributed by atoms with Crippen LogP contribution in [-0.4, -0.2) is 42.6 Å². The Bertz CT molecular complexity index is 504. The molecule has 0 bridgehead atoms. The molecule has 1 saturated heterocycles. The summed E-state index contributed by atoms with van der Waals surface area (Å²) in [6, 6.07) is 8.44. The van der Waals surface area contributed by atoms with Crippen LogP contribution in [0.15, 0.2) is 29.3 Å². The van der Waals surface area contributed by atoms with Crippen LogP contribution in [0.1, 0.15) is 40.0 Å². The number of nitrogens with zero attached hydrogens (tertiary/aromatic N) is 2. The molecular weight excluding hydrogens is 415 g/mol. The van der Waals surface area contributed by atoms with E-state index in [0.29, 0.717) is 12.0 Å². The van der Waals surface area contributed by atoms with E-state index in [-0.39, 0.29) is 30.1 Å². The van der Waals surface area contributed by atoms with Gasteiger partial charge in [-0.05, 0) is 64.4 Å². The third-order valence-electron chi connectivity index (χ3n) is 4.11. The van der Waals surface area contributed by atoms with Crippen LogP contribution >= 0.6 is 24.0 Å². The lowest BCUT2D eigenvalue weighted by molar-refractivity contribution is 0.166. The lowest BCUT2D eigenvalue weighted by Crippen LogP contribution is -2.39. The summed E-state index contributed by atoms with van der Waals surface area (Å²) in [4.78, 5) is 6.93. The van der Waals surface area contributed by atoms with Gasteiger partial charge < -0.3 is 15.8 Å². The first-order chi connectivity index (χ1) is 11.0. The molecule has 1 atom stereocenters. The molecule has 0 spiro atoms. The minimum atomic E-state index is 0. The summed E-state index contributed by atoms with van der Waals surface area (Å²) in [5, 5.41) is 3.13. The van der Waals surface area contributed by atoms with Crippen LogP contribution in [0.25, 0.3) is 0 Å². The second kappa shape index (κ2) is 10.8. The average Bonchev–Trinajstić information content (AvgIpc) is 2.51. The van der Waals surface area contributed by atoms with Crippen molar-refractivity contribution in [1.29, 1.82) is 0 Å². The van der Waals surface area contributed by atoms with Crippen molar-refractivity contribution in [2.24, 2.45) is 10.7 Å². The lowest BCUT2D eigenvalue weighted by Gasteiger charge is -2.32. The van der Waals surface area contributed by atoms with Gasteiger partial charge in [0.2, 0.25) is 0 Å². The van der Waals surface area contributed by atoms with Gasteiger partial charge in [-0.2, -0.15) is 0 Å². The van der Waals surface area contributed by atoms with E-state index in [4.69, 9.17) is 10.5 Å². The van der Waals surface area contributed by atoms with Gasteiger partial charge in [0.05, 0.1) is 12.6 Å². The number of aliphatic imine (C=N–C) groups is 1. The first-order valence-electron chi connectivity index (χ1n) is 8.62. The van der Waals surface area contributed by atoms with Crippen LogP contribution in [-0.2, 0) is 0 Å². The van der Waals surface area contributed by atoms with Gasteiger partial charge in [0.15, 0.2) is 5.96 Å². The molecule has 1 aromatic rings. The maximum Gasteiger partial charge on any atom is 0.193 e. The van der Waals surface area contributed by atoms with Gasteiger partial charge in [0.25, 0.3) is 0 Å². The highest BCUT2D eigenvalue weighted by atomic mass is 127. The molecule has 0 radical (unpaired) electrons. The Kier molecular flexibility index (Phi) is 9.43. The maximum absolute atomic E-state index is 5.96. The predicted octanol–water partition coefficient (Wildman–Crippen LogP) is 3.69. The van der Waals surface area contributed by atoms with Crippen molar-refractivity contribution in [3.8, 4) is 5.75 Å². The summed E-state index contributed by atoms with van der Waals surface area (Å²) in [6.07, 6.45) is 4.12. The van der Waals surface area contributed by atoms with Crippen molar-refractivity contribution in [2.45, 2.75) is 52.2 Å².